The summed E-state index contributed by atoms with van der Waals surface area (Å²) in [6.07, 6.45) is -3.63. The number of isocyanates is 1. The van der Waals surface area contributed by atoms with Crippen LogP contribution in [0.2, 0.25) is 5.02 Å². The molecule has 0 spiro atoms. The van der Waals surface area contributed by atoms with Gasteiger partial charge in [0.1, 0.15) is 5.75 Å². The molecule has 0 radical (unpaired) electrons. The molecule has 0 saturated carbocycles. The molecular formula is C8H3ClF3NO2. The molecule has 0 aliphatic rings. The van der Waals surface area contributed by atoms with Crippen LogP contribution < -0.4 is 4.74 Å². The molecule has 0 unspecified atom stereocenters. The molecule has 0 saturated heterocycles. The number of hydrogen-bond acceptors (Lipinski definition) is 3. The normalized spacial score (nSPS) is 10.7. The molecule has 0 aliphatic heterocycles. The molecule has 80 valence electrons. The molecule has 1 rings (SSSR count). The van der Waals surface area contributed by atoms with Crippen molar-refractivity contribution in [2.45, 2.75) is 6.36 Å². The van der Waals surface area contributed by atoms with Gasteiger partial charge < -0.3 is 4.74 Å². The number of alkyl halides is 3. The highest BCUT2D eigenvalue weighted by Crippen LogP contribution is 2.29. The van der Waals surface area contributed by atoms with Gasteiger partial charge in [0.15, 0.2) is 0 Å². The number of rotatable bonds is 2. The quantitative estimate of drug-likeness (QED) is 0.585. The highest BCUT2D eigenvalue weighted by atomic mass is 35.5. The van der Waals surface area contributed by atoms with Crippen LogP contribution in [0.1, 0.15) is 0 Å². The van der Waals surface area contributed by atoms with Crippen molar-refractivity contribution in [3.8, 4) is 5.75 Å². The van der Waals surface area contributed by atoms with Gasteiger partial charge in [-0.2, -0.15) is 4.99 Å². The molecule has 0 heterocycles. The molecule has 15 heavy (non-hydrogen) atoms. The third-order valence-electron chi connectivity index (χ3n) is 1.26. The average molecular weight is 238 g/mol. The second-order valence-electron chi connectivity index (χ2n) is 2.40. The second kappa shape index (κ2) is 4.33. The number of ether oxygens (including phenoxy) is 1. The van der Waals surface area contributed by atoms with E-state index in [4.69, 9.17) is 11.6 Å². The Morgan fingerprint density at radius 3 is 2.53 bits per heavy atom. The smallest absolute Gasteiger partial charge is 0.406 e. The van der Waals surface area contributed by atoms with E-state index in [1.807, 2.05) is 0 Å². The third-order valence-corrected chi connectivity index (χ3v) is 1.48. The van der Waals surface area contributed by atoms with Gasteiger partial charge in [0.25, 0.3) is 0 Å². The van der Waals surface area contributed by atoms with Crippen molar-refractivity contribution >= 4 is 23.4 Å². The van der Waals surface area contributed by atoms with Crippen LogP contribution in [-0.2, 0) is 4.79 Å². The summed E-state index contributed by atoms with van der Waals surface area (Å²) in [4.78, 5) is 13.0. The lowest BCUT2D eigenvalue weighted by Crippen LogP contribution is -2.16. The Labute approximate surface area is 87.1 Å². The van der Waals surface area contributed by atoms with Crippen LogP contribution >= 0.6 is 11.6 Å². The van der Waals surface area contributed by atoms with E-state index in [1.54, 1.807) is 0 Å². The average Bonchev–Trinajstić information content (AvgIpc) is 1.99. The Balaban J connectivity index is 3.04. The number of carbonyl (C=O) groups excluding carboxylic acids is 1. The first-order valence-corrected chi connectivity index (χ1v) is 3.93. The standard InChI is InChI=1S/C8H3ClF3NO2/c9-5-1-6(13-4-14)3-7(2-5)15-8(10,11)12/h1-3H. The minimum atomic E-state index is -4.81. The van der Waals surface area contributed by atoms with Crippen molar-refractivity contribution in [1.82, 2.24) is 0 Å². The minimum absolute atomic E-state index is 0.0225. The van der Waals surface area contributed by atoms with Crippen molar-refractivity contribution in [2.75, 3.05) is 0 Å². The summed E-state index contributed by atoms with van der Waals surface area (Å²) in [5, 5.41) is -0.0225. The van der Waals surface area contributed by atoms with E-state index in [-0.39, 0.29) is 10.7 Å². The summed E-state index contributed by atoms with van der Waals surface area (Å²) < 4.78 is 39.0. The number of halogens is 4. The summed E-state index contributed by atoms with van der Waals surface area (Å²) in [7, 11) is 0. The van der Waals surface area contributed by atoms with Crippen LogP contribution in [0.5, 0.6) is 5.75 Å². The Kier molecular flexibility index (Phi) is 3.34. The van der Waals surface area contributed by atoms with Gasteiger partial charge in [-0.1, -0.05) is 11.6 Å². The monoisotopic (exact) mass is 237 g/mol. The molecular weight excluding hydrogens is 235 g/mol. The molecule has 7 heteroatoms. The lowest BCUT2D eigenvalue weighted by molar-refractivity contribution is -0.274. The van der Waals surface area contributed by atoms with Crippen LogP contribution in [0.15, 0.2) is 23.2 Å². The van der Waals surface area contributed by atoms with Gasteiger partial charge in [-0.05, 0) is 12.1 Å². The van der Waals surface area contributed by atoms with Gasteiger partial charge in [0, 0.05) is 11.1 Å². The molecule has 0 aliphatic carbocycles. The fourth-order valence-electron chi connectivity index (χ4n) is 0.858. The zero-order valence-electron chi connectivity index (χ0n) is 7.01. The first-order valence-electron chi connectivity index (χ1n) is 3.55. The largest absolute Gasteiger partial charge is 0.573 e. The van der Waals surface area contributed by atoms with E-state index in [1.165, 1.54) is 12.1 Å². The number of aliphatic imine (C=N–C) groups is 1. The zero-order chi connectivity index (χ0) is 11.5. The van der Waals surface area contributed by atoms with Crippen LogP contribution in [0.25, 0.3) is 0 Å². The van der Waals surface area contributed by atoms with Gasteiger partial charge in [0.05, 0.1) is 5.69 Å². The zero-order valence-corrected chi connectivity index (χ0v) is 7.76. The molecule has 1 aromatic carbocycles. The Morgan fingerprint density at radius 1 is 1.33 bits per heavy atom. The molecule has 0 bridgehead atoms. The van der Waals surface area contributed by atoms with E-state index in [0.717, 1.165) is 12.1 Å². The lowest BCUT2D eigenvalue weighted by atomic mass is 10.3. The highest BCUT2D eigenvalue weighted by Gasteiger charge is 2.31. The van der Waals surface area contributed by atoms with Gasteiger partial charge >= 0.3 is 6.36 Å². The fraction of sp³-hybridized carbons (Fsp3) is 0.125. The van der Waals surface area contributed by atoms with E-state index in [2.05, 4.69) is 9.73 Å². The fourth-order valence-corrected chi connectivity index (χ4v) is 1.08. The summed E-state index contributed by atoms with van der Waals surface area (Å²) in [6, 6.07) is 3.08. The van der Waals surface area contributed by atoms with Crippen molar-refractivity contribution in [3.05, 3.63) is 23.2 Å². The van der Waals surface area contributed by atoms with Gasteiger partial charge in [-0.3, -0.25) is 0 Å². The van der Waals surface area contributed by atoms with Gasteiger partial charge in [0.2, 0.25) is 6.08 Å². The summed E-state index contributed by atoms with van der Waals surface area (Å²) in [5.41, 5.74) is -0.0586. The maximum atomic E-state index is 11.8. The van der Waals surface area contributed by atoms with Crippen LogP contribution in [-0.4, -0.2) is 12.4 Å². The predicted octanol–water partition coefficient (Wildman–Crippen LogP) is 3.21. The Morgan fingerprint density at radius 2 is 2.00 bits per heavy atom. The van der Waals surface area contributed by atoms with Gasteiger partial charge in [-0.15, -0.1) is 13.2 Å². The van der Waals surface area contributed by atoms with Gasteiger partial charge in [-0.25, -0.2) is 4.79 Å². The molecule has 0 atom stereocenters. The molecule has 0 fully saturated rings. The molecule has 1 aromatic rings. The highest BCUT2D eigenvalue weighted by molar-refractivity contribution is 6.31. The Hall–Kier alpha value is -1.52. The maximum Gasteiger partial charge on any atom is 0.573 e. The SMILES string of the molecule is O=C=Nc1cc(Cl)cc(OC(F)(F)F)c1. The van der Waals surface area contributed by atoms with E-state index in [9.17, 15) is 18.0 Å². The van der Waals surface area contributed by atoms with Crippen molar-refractivity contribution in [3.63, 3.8) is 0 Å². The summed E-state index contributed by atoms with van der Waals surface area (Å²) in [5.74, 6) is -0.538. The van der Waals surface area contributed by atoms with E-state index in [0.29, 0.717) is 0 Å². The molecule has 3 nitrogen and oxygen atoms in total. The molecule has 0 aromatic heterocycles. The van der Waals surface area contributed by atoms with E-state index < -0.39 is 12.1 Å². The van der Waals surface area contributed by atoms with Crippen molar-refractivity contribution in [1.29, 1.82) is 0 Å². The number of benzene rings is 1. The first-order chi connectivity index (χ1) is 6.90. The second-order valence-corrected chi connectivity index (χ2v) is 2.83. The number of hydrogen-bond donors (Lipinski definition) is 0. The van der Waals surface area contributed by atoms with Crippen LogP contribution in [0.4, 0.5) is 18.9 Å². The number of nitrogens with zero attached hydrogens (tertiary/aromatic N) is 1. The maximum absolute atomic E-state index is 11.8. The summed E-state index contributed by atoms with van der Waals surface area (Å²) in [6.45, 7) is 0. The Bertz CT molecular complexity index is 413. The topological polar surface area (TPSA) is 38.7 Å². The van der Waals surface area contributed by atoms with Crippen molar-refractivity contribution in [2.24, 2.45) is 4.99 Å². The first kappa shape index (κ1) is 11.6. The molecule has 0 N–H and O–H groups in total. The predicted molar refractivity (Wildman–Crippen MR) is 45.9 cm³/mol. The van der Waals surface area contributed by atoms with Crippen molar-refractivity contribution < 1.29 is 22.7 Å². The van der Waals surface area contributed by atoms with Crippen LogP contribution in [0.3, 0.4) is 0 Å². The molecule has 0 amide bonds. The lowest BCUT2D eigenvalue weighted by Gasteiger charge is -2.08. The van der Waals surface area contributed by atoms with E-state index >= 15 is 0 Å². The summed E-state index contributed by atoms with van der Waals surface area (Å²) >= 11 is 5.48. The van der Waals surface area contributed by atoms with Crippen LogP contribution in [0, 0.1) is 0 Å². The minimum Gasteiger partial charge on any atom is -0.406 e. The third kappa shape index (κ3) is 4.01.